The monoisotopic (exact) mass is 298 g/mol. The van der Waals surface area contributed by atoms with E-state index in [9.17, 15) is 14.4 Å². The van der Waals surface area contributed by atoms with Crippen LogP contribution in [0.1, 0.15) is 52.9 Å². The molecule has 0 aromatic rings. The first-order chi connectivity index (χ1) is 9.86. The second-order valence-electron chi connectivity index (χ2n) is 5.83. The Bertz CT molecular complexity index is 391. The Morgan fingerprint density at radius 2 is 1.81 bits per heavy atom. The Hall–Kier alpha value is -1.59. The minimum absolute atomic E-state index is 0.00299. The summed E-state index contributed by atoms with van der Waals surface area (Å²) < 4.78 is 0. The molecule has 0 spiro atoms. The van der Waals surface area contributed by atoms with Crippen LogP contribution in [-0.2, 0) is 14.4 Å². The van der Waals surface area contributed by atoms with Gasteiger partial charge in [-0.2, -0.15) is 0 Å². The molecule has 0 aliphatic heterocycles. The van der Waals surface area contributed by atoms with E-state index in [2.05, 4.69) is 5.32 Å². The number of aliphatic carboxylic acids is 1. The van der Waals surface area contributed by atoms with Gasteiger partial charge in [-0.05, 0) is 33.1 Å². The van der Waals surface area contributed by atoms with Crippen LogP contribution in [0.15, 0.2) is 0 Å². The average Bonchev–Trinajstić information content (AvgIpc) is 2.97. The van der Waals surface area contributed by atoms with E-state index in [1.54, 1.807) is 6.92 Å². The largest absolute Gasteiger partial charge is 0.480 e. The number of carbonyl (C=O) groups is 3. The van der Waals surface area contributed by atoms with Crippen LogP contribution in [0.5, 0.6) is 0 Å². The summed E-state index contributed by atoms with van der Waals surface area (Å²) in [7, 11) is 0. The molecule has 0 aromatic carbocycles. The van der Waals surface area contributed by atoms with Crippen molar-refractivity contribution in [3.8, 4) is 0 Å². The zero-order chi connectivity index (χ0) is 16.0. The molecule has 1 aliphatic carbocycles. The molecule has 0 heterocycles. The van der Waals surface area contributed by atoms with Gasteiger partial charge in [-0.25, -0.2) is 0 Å². The molecule has 120 valence electrons. The molecule has 2 atom stereocenters. The van der Waals surface area contributed by atoms with Gasteiger partial charge in [0.1, 0.15) is 12.6 Å². The van der Waals surface area contributed by atoms with Crippen LogP contribution in [0.4, 0.5) is 0 Å². The van der Waals surface area contributed by atoms with Crippen LogP contribution in [0.2, 0.25) is 0 Å². The molecule has 1 rings (SSSR count). The van der Waals surface area contributed by atoms with Gasteiger partial charge in [0, 0.05) is 12.0 Å². The molecular formula is C15H26N2O4. The van der Waals surface area contributed by atoms with Crippen molar-refractivity contribution in [2.45, 2.75) is 65.0 Å². The quantitative estimate of drug-likeness (QED) is 0.743. The molecule has 1 aliphatic rings. The van der Waals surface area contributed by atoms with Crippen LogP contribution in [0.25, 0.3) is 0 Å². The first-order valence-corrected chi connectivity index (χ1v) is 7.69. The van der Waals surface area contributed by atoms with Gasteiger partial charge in [0.05, 0.1) is 0 Å². The molecule has 1 fully saturated rings. The minimum atomic E-state index is -1.04. The van der Waals surface area contributed by atoms with Crippen LogP contribution >= 0.6 is 0 Å². The van der Waals surface area contributed by atoms with Crippen molar-refractivity contribution < 1.29 is 19.5 Å². The number of hydrogen-bond donors (Lipinski definition) is 2. The molecule has 2 N–H and O–H groups in total. The summed E-state index contributed by atoms with van der Waals surface area (Å²) in [6, 6.07) is -0.856. The Balaban J connectivity index is 2.63. The normalized spacial score (nSPS) is 18.0. The fraction of sp³-hybridized carbons (Fsp3) is 0.800. The van der Waals surface area contributed by atoms with E-state index in [1.165, 1.54) is 4.90 Å². The van der Waals surface area contributed by atoms with Crippen molar-refractivity contribution in [1.82, 2.24) is 10.2 Å². The van der Waals surface area contributed by atoms with E-state index < -0.39 is 12.0 Å². The summed E-state index contributed by atoms with van der Waals surface area (Å²) in [5.41, 5.74) is 0. The van der Waals surface area contributed by atoms with Gasteiger partial charge in [-0.1, -0.05) is 19.8 Å². The molecule has 0 radical (unpaired) electrons. The number of carbonyl (C=O) groups excluding carboxylic acids is 2. The minimum Gasteiger partial charge on any atom is -0.480 e. The van der Waals surface area contributed by atoms with Gasteiger partial charge in [-0.3, -0.25) is 14.4 Å². The van der Waals surface area contributed by atoms with Crippen molar-refractivity contribution in [3.63, 3.8) is 0 Å². The van der Waals surface area contributed by atoms with Crippen LogP contribution in [-0.4, -0.2) is 46.4 Å². The molecule has 0 aromatic heterocycles. The lowest BCUT2D eigenvalue weighted by Crippen LogP contribution is -2.52. The highest BCUT2D eigenvalue weighted by molar-refractivity contribution is 5.90. The summed E-state index contributed by atoms with van der Waals surface area (Å²) in [6.07, 6.45) is 4.52. The van der Waals surface area contributed by atoms with E-state index in [4.69, 9.17) is 5.11 Å². The average molecular weight is 298 g/mol. The Morgan fingerprint density at radius 1 is 1.24 bits per heavy atom. The summed E-state index contributed by atoms with van der Waals surface area (Å²) in [5, 5.41) is 11.7. The molecule has 2 unspecified atom stereocenters. The topological polar surface area (TPSA) is 86.7 Å². The Morgan fingerprint density at radius 3 is 2.29 bits per heavy atom. The first kappa shape index (κ1) is 17.5. The van der Waals surface area contributed by atoms with Gasteiger partial charge >= 0.3 is 5.97 Å². The predicted octanol–water partition coefficient (Wildman–Crippen LogP) is 1.39. The fourth-order valence-corrected chi connectivity index (χ4v) is 2.65. The van der Waals surface area contributed by atoms with E-state index >= 15 is 0 Å². The molecule has 1 saturated carbocycles. The van der Waals surface area contributed by atoms with Crippen molar-refractivity contribution in [2.24, 2.45) is 5.92 Å². The summed E-state index contributed by atoms with van der Waals surface area (Å²) in [5.74, 6) is -1.47. The molecule has 2 amide bonds. The number of carboxylic acid groups (broad SMARTS) is 1. The van der Waals surface area contributed by atoms with Gasteiger partial charge < -0.3 is 15.3 Å². The zero-order valence-corrected chi connectivity index (χ0v) is 13.1. The lowest BCUT2D eigenvalue weighted by Gasteiger charge is -2.30. The number of hydrogen-bond acceptors (Lipinski definition) is 3. The van der Waals surface area contributed by atoms with Crippen molar-refractivity contribution in [1.29, 1.82) is 0 Å². The van der Waals surface area contributed by atoms with E-state index in [1.807, 2.05) is 13.8 Å². The Kier molecular flexibility index (Phi) is 6.65. The summed E-state index contributed by atoms with van der Waals surface area (Å²) in [6.45, 7) is 4.99. The van der Waals surface area contributed by atoms with Gasteiger partial charge in [-0.15, -0.1) is 0 Å². The number of nitrogens with zero attached hydrogens (tertiary/aromatic N) is 1. The van der Waals surface area contributed by atoms with Crippen molar-refractivity contribution in [3.05, 3.63) is 0 Å². The van der Waals surface area contributed by atoms with Crippen molar-refractivity contribution >= 4 is 17.8 Å². The molecule has 0 saturated heterocycles. The van der Waals surface area contributed by atoms with Crippen molar-refractivity contribution in [2.75, 3.05) is 6.54 Å². The lowest BCUT2D eigenvalue weighted by molar-refractivity contribution is -0.147. The van der Waals surface area contributed by atoms with Crippen LogP contribution in [0, 0.1) is 5.92 Å². The molecular weight excluding hydrogens is 272 g/mol. The van der Waals surface area contributed by atoms with Crippen LogP contribution < -0.4 is 5.32 Å². The third-order valence-corrected chi connectivity index (χ3v) is 4.17. The molecule has 0 bridgehead atoms. The summed E-state index contributed by atoms with van der Waals surface area (Å²) in [4.78, 5) is 36.7. The predicted molar refractivity (Wildman–Crippen MR) is 78.7 cm³/mol. The number of carboxylic acids is 1. The highest BCUT2D eigenvalue weighted by atomic mass is 16.4. The fourth-order valence-electron chi connectivity index (χ4n) is 2.65. The second kappa shape index (κ2) is 8.00. The molecule has 6 heteroatoms. The van der Waals surface area contributed by atoms with E-state index in [0.29, 0.717) is 6.42 Å². The van der Waals surface area contributed by atoms with E-state index in [0.717, 1.165) is 25.7 Å². The number of rotatable bonds is 7. The zero-order valence-electron chi connectivity index (χ0n) is 13.1. The maximum Gasteiger partial charge on any atom is 0.323 e. The maximum atomic E-state index is 12.4. The van der Waals surface area contributed by atoms with Gasteiger partial charge in [0.25, 0.3) is 0 Å². The second-order valence-corrected chi connectivity index (χ2v) is 5.83. The molecule has 21 heavy (non-hydrogen) atoms. The van der Waals surface area contributed by atoms with Gasteiger partial charge in [0.15, 0.2) is 0 Å². The van der Waals surface area contributed by atoms with Crippen LogP contribution in [0.3, 0.4) is 0 Å². The maximum absolute atomic E-state index is 12.4. The standard InChI is InChI=1S/C15H26N2O4/c1-4-10(2)17(9-13(18)19)15(21)11(3)16-14(20)12-7-5-6-8-12/h10-12H,4-9H2,1-3H3,(H,16,20)(H,18,19). The SMILES string of the molecule is CCC(C)N(CC(=O)O)C(=O)C(C)NC(=O)C1CCCC1. The highest BCUT2D eigenvalue weighted by Gasteiger charge is 2.29. The third-order valence-electron chi connectivity index (χ3n) is 4.17. The highest BCUT2D eigenvalue weighted by Crippen LogP contribution is 2.24. The lowest BCUT2D eigenvalue weighted by atomic mass is 10.1. The van der Waals surface area contributed by atoms with Gasteiger partial charge in [0.2, 0.25) is 11.8 Å². The summed E-state index contributed by atoms with van der Waals surface area (Å²) >= 11 is 0. The number of nitrogens with one attached hydrogen (secondary N) is 1. The smallest absolute Gasteiger partial charge is 0.323 e. The van der Waals surface area contributed by atoms with E-state index in [-0.39, 0.29) is 30.3 Å². The third kappa shape index (κ3) is 5.02. The molecule has 6 nitrogen and oxygen atoms in total. The first-order valence-electron chi connectivity index (χ1n) is 7.69. The Labute approximate surface area is 125 Å². The number of amides is 2.